The number of thiol groups is 1. The number of carboxylic acid groups (broad SMARTS) is 1. The summed E-state index contributed by atoms with van der Waals surface area (Å²) in [4.78, 5) is 14.9. The molecule has 3 rings (SSSR count). The summed E-state index contributed by atoms with van der Waals surface area (Å²) in [6.07, 6.45) is 3.51. The van der Waals surface area contributed by atoms with Crippen LogP contribution in [0.1, 0.15) is 34.6 Å². The van der Waals surface area contributed by atoms with E-state index in [-0.39, 0.29) is 17.9 Å². The second-order valence-corrected chi connectivity index (χ2v) is 9.66. The van der Waals surface area contributed by atoms with Crippen LogP contribution in [0.2, 0.25) is 0 Å². The number of aromatic amines is 1. The Morgan fingerprint density at radius 2 is 1.97 bits per heavy atom. The lowest BCUT2D eigenvalue weighted by Gasteiger charge is -2.14. The predicted molar refractivity (Wildman–Crippen MR) is 135 cm³/mol. The number of H-pyrrole nitrogens is 1. The summed E-state index contributed by atoms with van der Waals surface area (Å²) < 4.78 is 43.4. The van der Waals surface area contributed by atoms with Crippen LogP contribution >= 0.6 is 12.6 Å². The Morgan fingerprint density at radius 3 is 2.53 bits per heavy atom. The van der Waals surface area contributed by atoms with Gasteiger partial charge in [-0.1, -0.05) is 30.3 Å². The molecule has 0 saturated heterocycles. The number of nitrogens with two attached hydrogens (primary N) is 2. The maximum atomic E-state index is 14.7. The van der Waals surface area contributed by atoms with Crippen LogP contribution in [0.25, 0.3) is 22.0 Å². The SMILES string of the molecule is CC(OC/C(N)=C/N)c1cccc2c(-c3ccc(CS(C)(=O)=O)c(F)c3)c(C(=O)O)[nH]c12.CS. The van der Waals surface area contributed by atoms with Crippen LogP contribution in [-0.2, 0) is 20.3 Å². The summed E-state index contributed by atoms with van der Waals surface area (Å²) in [5, 5.41) is 10.3. The van der Waals surface area contributed by atoms with Crippen LogP contribution in [-0.4, -0.2) is 43.6 Å². The monoisotopic (exact) mass is 509 g/mol. The number of hydrogen-bond acceptors (Lipinski definition) is 7. The minimum atomic E-state index is -3.43. The molecule has 1 heterocycles. The number of sulfone groups is 1. The largest absolute Gasteiger partial charge is 0.477 e. The molecular formula is C23H28FN3O5S2. The smallest absolute Gasteiger partial charge is 0.352 e. The van der Waals surface area contributed by atoms with Crippen molar-refractivity contribution in [2.75, 3.05) is 19.1 Å². The van der Waals surface area contributed by atoms with Crippen LogP contribution in [0.4, 0.5) is 4.39 Å². The molecule has 1 aromatic heterocycles. The van der Waals surface area contributed by atoms with E-state index in [2.05, 4.69) is 17.6 Å². The summed E-state index contributed by atoms with van der Waals surface area (Å²) >= 11 is 3.53. The second kappa shape index (κ2) is 11.4. The van der Waals surface area contributed by atoms with Gasteiger partial charge in [0.05, 0.1) is 29.7 Å². The molecule has 1 atom stereocenters. The molecule has 0 radical (unpaired) electrons. The van der Waals surface area contributed by atoms with Crippen molar-refractivity contribution < 1.29 is 27.4 Å². The van der Waals surface area contributed by atoms with E-state index in [9.17, 15) is 22.7 Å². The Kier molecular flexibility index (Phi) is 9.14. The Hall–Kier alpha value is -3.02. The molecule has 1 unspecified atom stereocenters. The van der Waals surface area contributed by atoms with Crippen LogP contribution in [0.5, 0.6) is 0 Å². The number of aromatic carboxylic acids is 1. The molecule has 184 valence electrons. The van der Waals surface area contributed by atoms with Crippen LogP contribution in [0.15, 0.2) is 48.3 Å². The molecule has 6 N–H and O–H groups in total. The third-order valence-electron chi connectivity index (χ3n) is 4.99. The van der Waals surface area contributed by atoms with Gasteiger partial charge in [-0.2, -0.15) is 12.6 Å². The van der Waals surface area contributed by atoms with Crippen molar-refractivity contribution in [3.63, 3.8) is 0 Å². The van der Waals surface area contributed by atoms with Gasteiger partial charge in [0, 0.05) is 34.5 Å². The molecule has 0 spiro atoms. The van der Waals surface area contributed by atoms with E-state index in [4.69, 9.17) is 16.2 Å². The molecule has 0 saturated carbocycles. The minimum absolute atomic E-state index is 0.0150. The zero-order valence-electron chi connectivity index (χ0n) is 19.0. The van der Waals surface area contributed by atoms with E-state index in [1.54, 1.807) is 31.4 Å². The zero-order chi connectivity index (χ0) is 25.6. The molecule has 11 heteroatoms. The molecule has 34 heavy (non-hydrogen) atoms. The second-order valence-electron chi connectivity index (χ2n) is 7.52. The van der Waals surface area contributed by atoms with Gasteiger partial charge in [-0.05, 0) is 24.8 Å². The maximum Gasteiger partial charge on any atom is 0.352 e. The van der Waals surface area contributed by atoms with Crippen molar-refractivity contribution in [1.29, 1.82) is 0 Å². The first-order valence-electron chi connectivity index (χ1n) is 10.1. The third kappa shape index (κ3) is 6.31. The van der Waals surface area contributed by atoms with E-state index in [1.165, 1.54) is 18.3 Å². The lowest BCUT2D eigenvalue weighted by atomic mass is 9.98. The molecule has 0 fully saturated rings. The van der Waals surface area contributed by atoms with Crippen molar-refractivity contribution in [2.45, 2.75) is 18.8 Å². The number of rotatable bonds is 8. The molecule has 8 nitrogen and oxygen atoms in total. The summed E-state index contributed by atoms with van der Waals surface area (Å²) in [5.41, 5.74) is 13.1. The van der Waals surface area contributed by atoms with Crippen molar-refractivity contribution in [1.82, 2.24) is 4.98 Å². The van der Waals surface area contributed by atoms with Crippen LogP contribution in [0.3, 0.4) is 0 Å². The van der Waals surface area contributed by atoms with Crippen LogP contribution in [0, 0.1) is 5.82 Å². The lowest BCUT2D eigenvalue weighted by Crippen LogP contribution is -2.11. The summed E-state index contributed by atoms with van der Waals surface area (Å²) in [7, 11) is -3.43. The number of nitrogens with one attached hydrogen (secondary N) is 1. The number of carboxylic acids is 1. The summed E-state index contributed by atoms with van der Waals surface area (Å²) in [5.74, 6) is -2.39. The molecule has 0 aliphatic heterocycles. The highest BCUT2D eigenvalue weighted by Gasteiger charge is 2.23. The van der Waals surface area contributed by atoms with Crippen molar-refractivity contribution in [3.05, 3.63) is 70.9 Å². The molecule has 2 aromatic carbocycles. The van der Waals surface area contributed by atoms with E-state index < -0.39 is 33.5 Å². The topological polar surface area (TPSA) is 148 Å². The molecular weight excluding hydrogens is 481 g/mol. The van der Waals surface area contributed by atoms with E-state index in [1.807, 2.05) is 0 Å². The van der Waals surface area contributed by atoms with Gasteiger partial charge in [0.25, 0.3) is 0 Å². The number of aromatic nitrogens is 1. The van der Waals surface area contributed by atoms with E-state index in [0.717, 1.165) is 12.3 Å². The van der Waals surface area contributed by atoms with E-state index in [0.29, 0.717) is 33.3 Å². The normalized spacial score (nSPS) is 12.8. The minimum Gasteiger partial charge on any atom is -0.477 e. The Balaban J connectivity index is 0.00000199. The molecule has 0 aliphatic rings. The maximum absolute atomic E-state index is 14.7. The number of halogens is 1. The molecule has 0 aliphatic carbocycles. The van der Waals surface area contributed by atoms with Crippen molar-refractivity contribution >= 4 is 39.3 Å². The van der Waals surface area contributed by atoms with Gasteiger partial charge < -0.3 is 26.3 Å². The van der Waals surface area contributed by atoms with Gasteiger partial charge in [-0.25, -0.2) is 17.6 Å². The zero-order valence-corrected chi connectivity index (χ0v) is 20.7. The number of para-hydroxylation sites is 1. The fourth-order valence-electron chi connectivity index (χ4n) is 3.50. The first-order valence-corrected chi connectivity index (χ1v) is 13.0. The van der Waals surface area contributed by atoms with Gasteiger partial charge in [0.15, 0.2) is 9.84 Å². The fourth-order valence-corrected chi connectivity index (χ4v) is 4.30. The first kappa shape index (κ1) is 27.2. The van der Waals surface area contributed by atoms with Gasteiger partial charge in [0.1, 0.15) is 11.5 Å². The van der Waals surface area contributed by atoms with Gasteiger partial charge in [-0.3, -0.25) is 0 Å². The fraction of sp³-hybridized carbons (Fsp3) is 0.261. The highest BCUT2D eigenvalue weighted by molar-refractivity contribution is 7.89. The Morgan fingerprint density at radius 1 is 1.29 bits per heavy atom. The standard InChI is InChI=1S/C22H24FN3O5S.CH4S/c1-12(31-10-15(25)9-24)16-4-3-5-17-19(21(22(27)28)26-20(16)17)13-6-7-14(18(23)8-13)11-32(2,29)30;1-2/h3-9,12,26H,10-11,24-25H2,1-2H3,(H,27,28);2H,1H3/b15-9-;. The molecule has 0 amide bonds. The summed E-state index contributed by atoms with van der Waals surface area (Å²) in [6.45, 7) is 1.89. The number of benzene rings is 2. The predicted octanol–water partition coefficient (Wildman–Crippen LogP) is 3.60. The average molecular weight is 510 g/mol. The van der Waals surface area contributed by atoms with Gasteiger partial charge in [0.2, 0.25) is 0 Å². The third-order valence-corrected chi connectivity index (χ3v) is 5.83. The number of ether oxygens (including phenoxy) is 1. The summed E-state index contributed by atoms with van der Waals surface area (Å²) in [6, 6.07) is 9.27. The van der Waals surface area contributed by atoms with Crippen molar-refractivity contribution in [2.24, 2.45) is 11.5 Å². The highest BCUT2D eigenvalue weighted by atomic mass is 32.2. The quantitative estimate of drug-likeness (QED) is 0.291. The molecule has 3 aromatic rings. The average Bonchev–Trinajstić information content (AvgIpc) is 3.19. The number of fused-ring (bicyclic) bond motifs is 1. The first-order chi connectivity index (χ1) is 16.0. The lowest BCUT2D eigenvalue weighted by molar-refractivity contribution is 0.0691. The number of hydrogen-bond donors (Lipinski definition) is 5. The highest BCUT2D eigenvalue weighted by Crippen LogP contribution is 2.37. The van der Waals surface area contributed by atoms with E-state index >= 15 is 0 Å². The Labute approximate surface area is 203 Å². The van der Waals surface area contributed by atoms with Gasteiger partial charge in [-0.15, -0.1) is 0 Å². The Bertz CT molecular complexity index is 1320. The van der Waals surface area contributed by atoms with Gasteiger partial charge >= 0.3 is 5.97 Å². The van der Waals surface area contributed by atoms with Crippen LogP contribution < -0.4 is 11.5 Å². The van der Waals surface area contributed by atoms with Crippen molar-refractivity contribution in [3.8, 4) is 11.1 Å². The molecule has 0 bridgehead atoms. The number of carbonyl (C=O) groups is 1.